The van der Waals surface area contributed by atoms with Gasteiger partial charge in [-0.3, -0.25) is 0 Å². The SMILES string of the molecule is COc1ccc(C[NH2+]CCc2ccc(O)c(OC)c2)cc1O. The van der Waals surface area contributed by atoms with Gasteiger partial charge in [-0.2, -0.15) is 0 Å². The molecule has 22 heavy (non-hydrogen) atoms. The zero-order chi connectivity index (χ0) is 15.9. The standard InChI is InChI=1S/C17H21NO4/c1-21-16-6-4-13(9-15(16)20)11-18-8-7-12-3-5-14(19)17(10-12)22-2/h3-6,9-10,18-20H,7-8,11H2,1-2H3/p+1. The number of methoxy groups -OCH3 is 2. The molecule has 0 amide bonds. The maximum atomic E-state index is 9.73. The largest absolute Gasteiger partial charge is 0.504 e. The molecule has 0 aliphatic heterocycles. The molecule has 0 spiro atoms. The molecule has 0 unspecified atom stereocenters. The lowest BCUT2D eigenvalue weighted by atomic mass is 10.1. The van der Waals surface area contributed by atoms with Gasteiger partial charge in [0.15, 0.2) is 23.0 Å². The zero-order valence-electron chi connectivity index (χ0n) is 12.9. The summed E-state index contributed by atoms with van der Waals surface area (Å²) in [7, 11) is 3.08. The number of hydrogen-bond donors (Lipinski definition) is 3. The molecule has 0 radical (unpaired) electrons. The van der Waals surface area contributed by atoms with Crippen LogP contribution in [0.1, 0.15) is 11.1 Å². The van der Waals surface area contributed by atoms with Crippen molar-refractivity contribution in [1.29, 1.82) is 0 Å². The van der Waals surface area contributed by atoms with Crippen molar-refractivity contribution in [3.05, 3.63) is 47.5 Å². The van der Waals surface area contributed by atoms with Gasteiger partial charge in [-0.1, -0.05) is 6.07 Å². The highest BCUT2D eigenvalue weighted by Gasteiger charge is 2.05. The van der Waals surface area contributed by atoms with E-state index >= 15 is 0 Å². The summed E-state index contributed by atoms with van der Waals surface area (Å²) in [5.74, 6) is 1.30. The minimum Gasteiger partial charge on any atom is -0.504 e. The van der Waals surface area contributed by atoms with Crippen molar-refractivity contribution >= 4 is 0 Å². The van der Waals surface area contributed by atoms with E-state index in [-0.39, 0.29) is 11.5 Å². The van der Waals surface area contributed by atoms with Gasteiger partial charge in [-0.05, 0) is 35.9 Å². The molecular weight excluding hydrogens is 282 g/mol. The van der Waals surface area contributed by atoms with Crippen LogP contribution < -0.4 is 14.8 Å². The smallest absolute Gasteiger partial charge is 0.160 e. The van der Waals surface area contributed by atoms with Crippen LogP contribution in [0.5, 0.6) is 23.0 Å². The highest BCUT2D eigenvalue weighted by Crippen LogP contribution is 2.26. The highest BCUT2D eigenvalue weighted by atomic mass is 16.5. The molecule has 0 saturated heterocycles. The monoisotopic (exact) mass is 304 g/mol. The molecule has 0 aliphatic carbocycles. The third-order valence-electron chi connectivity index (χ3n) is 3.50. The fraction of sp³-hybridized carbons (Fsp3) is 0.294. The Morgan fingerprint density at radius 2 is 1.59 bits per heavy atom. The molecule has 5 heteroatoms. The number of nitrogens with two attached hydrogens (primary N) is 1. The second-order valence-electron chi connectivity index (χ2n) is 5.04. The quantitative estimate of drug-likeness (QED) is 0.676. The van der Waals surface area contributed by atoms with E-state index in [1.165, 1.54) is 7.11 Å². The second-order valence-corrected chi connectivity index (χ2v) is 5.04. The average Bonchev–Trinajstić information content (AvgIpc) is 2.53. The molecule has 0 aromatic heterocycles. The molecule has 5 nitrogen and oxygen atoms in total. The maximum Gasteiger partial charge on any atom is 0.160 e. The van der Waals surface area contributed by atoms with Crippen molar-refractivity contribution in [1.82, 2.24) is 0 Å². The first kappa shape index (κ1) is 16.0. The van der Waals surface area contributed by atoms with Gasteiger partial charge in [-0.15, -0.1) is 0 Å². The van der Waals surface area contributed by atoms with Crippen LogP contribution >= 0.6 is 0 Å². The van der Waals surface area contributed by atoms with E-state index in [4.69, 9.17) is 9.47 Å². The summed E-state index contributed by atoms with van der Waals surface area (Å²) in [6.07, 6.45) is 0.874. The molecular formula is C17H22NO4+. The fourth-order valence-electron chi connectivity index (χ4n) is 2.28. The van der Waals surface area contributed by atoms with Crippen LogP contribution in [-0.4, -0.2) is 31.0 Å². The number of hydrogen-bond acceptors (Lipinski definition) is 4. The molecule has 0 saturated carbocycles. The Bertz CT molecular complexity index is 628. The van der Waals surface area contributed by atoms with Crippen LogP contribution in [0, 0.1) is 0 Å². The number of benzene rings is 2. The summed E-state index contributed by atoms with van der Waals surface area (Å²) >= 11 is 0. The van der Waals surface area contributed by atoms with Crippen LogP contribution in [-0.2, 0) is 13.0 Å². The van der Waals surface area contributed by atoms with Crippen molar-refractivity contribution in [2.45, 2.75) is 13.0 Å². The Balaban J connectivity index is 1.83. The predicted octanol–water partition coefficient (Wildman–Crippen LogP) is 1.42. The molecule has 0 bridgehead atoms. The lowest BCUT2D eigenvalue weighted by Crippen LogP contribution is -2.83. The summed E-state index contributed by atoms with van der Waals surface area (Å²) in [5, 5.41) is 21.5. The van der Waals surface area contributed by atoms with Crippen molar-refractivity contribution in [2.75, 3.05) is 20.8 Å². The van der Waals surface area contributed by atoms with Crippen LogP contribution in [0.15, 0.2) is 36.4 Å². The number of phenols is 2. The highest BCUT2D eigenvalue weighted by molar-refractivity contribution is 5.42. The number of ether oxygens (including phenoxy) is 2. The van der Waals surface area contributed by atoms with Gasteiger partial charge in [-0.25, -0.2) is 0 Å². The topological polar surface area (TPSA) is 75.5 Å². The average molecular weight is 304 g/mol. The van der Waals surface area contributed by atoms with Gasteiger partial charge in [0, 0.05) is 12.0 Å². The van der Waals surface area contributed by atoms with Crippen LogP contribution in [0.25, 0.3) is 0 Å². The zero-order valence-corrected chi connectivity index (χ0v) is 12.9. The first-order valence-corrected chi connectivity index (χ1v) is 7.17. The van der Waals surface area contributed by atoms with E-state index < -0.39 is 0 Å². The van der Waals surface area contributed by atoms with Gasteiger partial charge in [0.05, 0.1) is 20.8 Å². The molecule has 2 aromatic rings. The Labute approximate surface area is 130 Å². The van der Waals surface area contributed by atoms with Crippen molar-refractivity contribution in [3.63, 3.8) is 0 Å². The minimum atomic E-state index is 0.156. The van der Waals surface area contributed by atoms with E-state index in [0.717, 1.165) is 30.6 Å². The van der Waals surface area contributed by atoms with Gasteiger partial charge in [0.1, 0.15) is 6.54 Å². The van der Waals surface area contributed by atoms with Crippen LogP contribution in [0.4, 0.5) is 0 Å². The van der Waals surface area contributed by atoms with E-state index in [1.807, 2.05) is 18.2 Å². The molecule has 0 heterocycles. The van der Waals surface area contributed by atoms with Crippen molar-refractivity contribution in [2.24, 2.45) is 0 Å². The van der Waals surface area contributed by atoms with Gasteiger partial charge >= 0.3 is 0 Å². The van der Waals surface area contributed by atoms with E-state index in [2.05, 4.69) is 5.32 Å². The summed E-state index contributed by atoms with van der Waals surface area (Å²) < 4.78 is 10.1. The lowest BCUT2D eigenvalue weighted by Gasteiger charge is -2.07. The van der Waals surface area contributed by atoms with Crippen molar-refractivity contribution < 1.29 is 25.0 Å². The third kappa shape index (κ3) is 4.05. The third-order valence-corrected chi connectivity index (χ3v) is 3.50. The van der Waals surface area contributed by atoms with E-state index in [0.29, 0.717) is 11.5 Å². The van der Waals surface area contributed by atoms with Gasteiger partial charge in [0.25, 0.3) is 0 Å². The Morgan fingerprint density at radius 3 is 2.27 bits per heavy atom. The molecule has 0 fully saturated rings. The van der Waals surface area contributed by atoms with E-state index in [9.17, 15) is 10.2 Å². The van der Waals surface area contributed by atoms with Crippen LogP contribution in [0.2, 0.25) is 0 Å². The van der Waals surface area contributed by atoms with E-state index in [1.54, 1.807) is 25.3 Å². The summed E-state index contributed by atoms with van der Waals surface area (Å²) in [4.78, 5) is 0. The lowest BCUT2D eigenvalue weighted by molar-refractivity contribution is -0.670. The summed E-state index contributed by atoms with van der Waals surface area (Å²) in [5.41, 5.74) is 2.16. The Morgan fingerprint density at radius 1 is 0.864 bits per heavy atom. The Kier molecular flexibility index (Phi) is 5.49. The molecule has 118 valence electrons. The minimum absolute atomic E-state index is 0.156. The molecule has 2 aromatic carbocycles. The molecule has 4 N–H and O–H groups in total. The fourth-order valence-corrected chi connectivity index (χ4v) is 2.28. The predicted molar refractivity (Wildman–Crippen MR) is 83.5 cm³/mol. The van der Waals surface area contributed by atoms with Crippen molar-refractivity contribution in [3.8, 4) is 23.0 Å². The Hall–Kier alpha value is -2.40. The first-order valence-electron chi connectivity index (χ1n) is 7.17. The normalized spacial score (nSPS) is 10.5. The number of phenolic OH excluding ortho intramolecular Hbond substituents is 2. The van der Waals surface area contributed by atoms with Gasteiger partial charge < -0.3 is 25.0 Å². The summed E-state index contributed by atoms with van der Waals surface area (Å²) in [6.45, 7) is 1.69. The van der Waals surface area contributed by atoms with Gasteiger partial charge in [0.2, 0.25) is 0 Å². The maximum absolute atomic E-state index is 9.73. The molecule has 2 rings (SSSR count). The number of aromatic hydroxyl groups is 2. The number of quaternary nitrogens is 1. The first-order chi connectivity index (χ1) is 10.6. The summed E-state index contributed by atoms with van der Waals surface area (Å²) in [6, 6.07) is 10.8. The van der Waals surface area contributed by atoms with Crippen LogP contribution in [0.3, 0.4) is 0 Å². The number of rotatable bonds is 7. The molecule has 0 aliphatic rings. The molecule has 0 atom stereocenters. The second kappa shape index (κ2) is 7.56.